The molecule has 0 spiro atoms. The molecule has 0 atom stereocenters. The Morgan fingerprint density at radius 3 is 2.50 bits per heavy atom. The third kappa shape index (κ3) is 3.01. The highest BCUT2D eigenvalue weighted by atomic mass is 19.1. The predicted octanol–water partition coefficient (Wildman–Crippen LogP) is 3.40. The molecule has 2 aliphatic heterocycles. The van der Waals surface area contributed by atoms with E-state index < -0.39 is 11.6 Å². The number of nitriles is 1. The van der Waals surface area contributed by atoms with Crippen molar-refractivity contribution < 1.29 is 13.6 Å². The number of benzene rings is 2. The highest BCUT2D eigenvalue weighted by Gasteiger charge is 2.28. The molecule has 0 saturated carbocycles. The highest BCUT2D eigenvalue weighted by Crippen LogP contribution is 2.30. The number of nitrogens with one attached hydrogen (secondary N) is 2. The fraction of sp³-hybridized carbons (Fsp3) is 0.0476. The molecule has 2 aromatic carbocycles. The first-order valence-electron chi connectivity index (χ1n) is 8.44. The number of hydrazine groups is 1. The van der Waals surface area contributed by atoms with Gasteiger partial charge in [-0.2, -0.15) is 5.26 Å². The Hall–Kier alpha value is -3.92. The van der Waals surface area contributed by atoms with Crippen molar-refractivity contribution >= 4 is 17.2 Å². The number of allylic oxidation sites excluding steroid dienone is 3. The number of carbonyl (C=O) groups excluding carboxylic acids is 1. The second-order valence-electron chi connectivity index (χ2n) is 6.35. The van der Waals surface area contributed by atoms with Gasteiger partial charge >= 0.3 is 0 Å². The predicted molar refractivity (Wildman–Crippen MR) is 99.3 cm³/mol. The van der Waals surface area contributed by atoms with E-state index in [4.69, 9.17) is 5.26 Å². The highest BCUT2D eigenvalue weighted by molar-refractivity contribution is 5.99. The van der Waals surface area contributed by atoms with Gasteiger partial charge in [0.15, 0.2) is 0 Å². The van der Waals surface area contributed by atoms with E-state index in [1.165, 1.54) is 23.2 Å². The quantitative estimate of drug-likeness (QED) is 0.843. The minimum absolute atomic E-state index is 0.224. The molecule has 4 rings (SSSR count). The second-order valence-corrected chi connectivity index (χ2v) is 6.35. The summed E-state index contributed by atoms with van der Waals surface area (Å²) < 4.78 is 27.5. The first-order chi connectivity index (χ1) is 13.5. The second kappa shape index (κ2) is 6.67. The van der Waals surface area contributed by atoms with E-state index in [9.17, 15) is 13.6 Å². The lowest BCUT2D eigenvalue weighted by Crippen LogP contribution is -2.49. The molecular weight excluding hydrogens is 362 g/mol. The molecule has 2 aliphatic rings. The van der Waals surface area contributed by atoms with Crippen molar-refractivity contribution in [3.63, 3.8) is 0 Å². The van der Waals surface area contributed by atoms with E-state index in [0.717, 1.165) is 11.6 Å². The summed E-state index contributed by atoms with van der Waals surface area (Å²) in [5.41, 5.74) is 6.01. The lowest BCUT2D eigenvalue weighted by atomic mass is 10.0. The first-order valence-corrected chi connectivity index (χ1v) is 8.44. The summed E-state index contributed by atoms with van der Waals surface area (Å²) in [5, 5.41) is 13.4. The molecule has 0 unspecified atom stereocenters. The van der Waals surface area contributed by atoms with Crippen LogP contribution in [0, 0.1) is 23.0 Å². The summed E-state index contributed by atoms with van der Waals surface area (Å²) in [5.74, 6) is -1.24. The molecule has 5 nitrogen and oxygen atoms in total. The normalized spacial score (nSPS) is 15.8. The number of fused-ring (bicyclic) bond motifs is 1. The van der Waals surface area contributed by atoms with Crippen molar-refractivity contribution in [2.75, 3.05) is 0 Å². The fourth-order valence-electron chi connectivity index (χ4n) is 3.09. The molecule has 0 aliphatic carbocycles. The third-order valence-electron chi connectivity index (χ3n) is 4.50. The Bertz CT molecular complexity index is 1120. The van der Waals surface area contributed by atoms with Gasteiger partial charge in [-0.05, 0) is 42.8 Å². The van der Waals surface area contributed by atoms with Gasteiger partial charge in [0, 0.05) is 29.0 Å². The van der Waals surface area contributed by atoms with Gasteiger partial charge in [0.05, 0.1) is 17.3 Å². The molecule has 0 radical (unpaired) electrons. The molecule has 1 amide bonds. The van der Waals surface area contributed by atoms with E-state index in [-0.39, 0.29) is 11.5 Å². The molecule has 0 bridgehead atoms. The van der Waals surface area contributed by atoms with Crippen LogP contribution < -0.4 is 10.7 Å². The van der Waals surface area contributed by atoms with E-state index in [2.05, 4.69) is 10.7 Å². The molecule has 0 fully saturated rings. The van der Waals surface area contributed by atoms with Crippen LogP contribution >= 0.6 is 0 Å². The summed E-state index contributed by atoms with van der Waals surface area (Å²) in [6.07, 6.45) is 3.07. The van der Waals surface area contributed by atoms with Crippen LogP contribution in [-0.2, 0) is 4.79 Å². The maximum Gasteiger partial charge on any atom is 0.273 e. The number of hydrogen-bond acceptors (Lipinski definition) is 4. The molecule has 28 heavy (non-hydrogen) atoms. The number of hydrogen-bond donors (Lipinski definition) is 2. The lowest BCUT2D eigenvalue weighted by Gasteiger charge is -2.35. The van der Waals surface area contributed by atoms with Gasteiger partial charge in [0.25, 0.3) is 5.91 Å². The van der Waals surface area contributed by atoms with Crippen molar-refractivity contribution in [1.29, 1.82) is 5.26 Å². The average Bonchev–Trinajstić information content (AvgIpc) is 2.68. The van der Waals surface area contributed by atoms with Gasteiger partial charge in [0.2, 0.25) is 0 Å². The minimum atomic E-state index is -0.688. The van der Waals surface area contributed by atoms with Crippen LogP contribution in [0.5, 0.6) is 0 Å². The van der Waals surface area contributed by atoms with Crippen LogP contribution in [0.1, 0.15) is 23.6 Å². The Morgan fingerprint density at radius 1 is 1.07 bits per heavy atom. The van der Waals surface area contributed by atoms with Gasteiger partial charge in [-0.1, -0.05) is 12.1 Å². The molecule has 0 saturated heterocycles. The summed E-state index contributed by atoms with van der Waals surface area (Å²) in [6, 6.07) is 12.2. The molecule has 2 N–H and O–H groups in total. The zero-order valence-corrected chi connectivity index (χ0v) is 14.8. The Morgan fingerprint density at radius 2 is 1.82 bits per heavy atom. The zero-order chi connectivity index (χ0) is 19.8. The van der Waals surface area contributed by atoms with Crippen LogP contribution in [-0.4, -0.2) is 10.9 Å². The van der Waals surface area contributed by atoms with E-state index in [0.29, 0.717) is 28.4 Å². The fourth-order valence-corrected chi connectivity index (χ4v) is 3.09. The molecule has 2 heterocycles. The van der Waals surface area contributed by atoms with Gasteiger partial charge in [0.1, 0.15) is 17.5 Å². The Labute approximate surface area is 159 Å². The van der Waals surface area contributed by atoms with E-state index >= 15 is 0 Å². The average molecular weight is 376 g/mol. The Balaban J connectivity index is 1.71. The summed E-state index contributed by atoms with van der Waals surface area (Å²) in [6.45, 7) is 1.71. The number of rotatable bonds is 2. The first kappa shape index (κ1) is 17.5. The van der Waals surface area contributed by atoms with Crippen molar-refractivity contribution in [2.24, 2.45) is 0 Å². The van der Waals surface area contributed by atoms with Crippen LogP contribution in [0.25, 0.3) is 11.3 Å². The maximum atomic E-state index is 14.3. The smallest absolute Gasteiger partial charge is 0.273 e. The van der Waals surface area contributed by atoms with Gasteiger partial charge in [-0.15, -0.1) is 0 Å². The van der Waals surface area contributed by atoms with Crippen molar-refractivity contribution in [3.05, 3.63) is 94.5 Å². The monoisotopic (exact) mass is 376 g/mol. The number of halogens is 2. The summed E-state index contributed by atoms with van der Waals surface area (Å²) in [4.78, 5) is 12.5. The molecular formula is C21H14F2N4O. The number of amides is 1. The van der Waals surface area contributed by atoms with Gasteiger partial charge in [-0.3, -0.25) is 10.2 Å². The van der Waals surface area contributed by atoms with Crippen LogP contribution in [0.15, 0.2) is 66.1 Å². The van der Waals surface area contributed by atoms with Crippen molar-refractivity contribution in [2.45, 2.75) is 6.92 Å². The molecule has 138 valence electrons. The number of nitrogens with zero attached hydrogens (tertiary/aromatic N) is 2. The van der Waals surface area contributed by atoms with Crippen LogP contribution in [0.3, 0.4) is 0 Å². The largest absolute Gasteiger partial charge is 0.339 e. The standard InChI is InChI=1S/C21H14F2N4O/c1-12-17(16-7-6-15(22)8-18(16)23)9-20-25-19(10-21(28)27(20)26-12)14-4-2-13(11-24)3-5-14/h2-10,25-26H,1H3. The summed E-state index contributed by atoms with van der Waals surface area (Å²) in [7, 11) is 0. The van der Waals surface area contributed by atoms with E-state index in [1.807, 2.05) is 6.07 Å². The number of carbonyl (C=O) groups is 1. The van der Waals surface area contributed by atoms with Gasteiger partial charge < -0.3 is 5.32 Å². The van der Waals surface area contributed by atoms with Crippen molar-refractivity contribution in [1.82, 2.24) is 15.8 Å². The molecule has 2 aromatic rings. The third-order valence-corrected chi connectivity index (χ3v) is 4.50. The lowest BCUT2D eigenvalue weighted by molar-refractivity contribution is -0.126. The SMILES string of the molecule is CC1=C(c2ccc(F)cc2F)C=C2NC(c3ccc(C#N)cc3)=CC(=O)N2N1. The molecule has 0 aromatic heterocycles. The zero-order valence-electron chi connectivity index (χ0n) is 14.8. The minimum Gasteiger partial charge on any atom is -0.339 e. The van der Waals surface area contributed by atoms with Crippen LogP contribution in [0.4, 0.5) is 8.78 Å². The molecule has 7 heteroatoms. The Kier molecular flexibility index (Phi) is 4.17. The van der Waals surface area contributed by atoms with Crippen molar-refractivity contribution in [3.8, 4) is 6.07 Å². The van der Waals surface area contributed by atoms with Crippen LogP contribution in [0.2, 0.25) is 0 Å². The van der Waals surface area contributed by atoms with Gasteiger partial charge in [-0.25, -0.2) is 13.8 Å². The summed E-state index contributed by atoms with van der Waals surface area (Å²) >= 11 is 0. The van der Waals surface area contributed by atoms with E-state index in [1.54, 1.807) is 37.3 Å². The maximum absolute atomic E-state index is 14.3. The topological polar surface area (TPSA) is 68.2 Å².